The molecule has 19 heavy (non-hydrogen) atoms. The lowest BCUT2D eigenvalue weighted by atomic mass is 9.95. The van der Waals surface area contributed by atoms with Gasteiger partial charge < -0.3 is 20.1 Å². The maximum atomic E-state index is 12.2. The maximum absolute atomic E-state index is 12.2. The van der Waals surface area contributed by atoms with Crippen LogP contribution in [0.3, 0.4) is 0 Å². The van der Waals surface area contributed by atoms with Gasteiger partial charge in [-0.1, -0.05) is 0 Å². The van der Waals surface area contributed by atoms with Crippen LogP contribution in [0.4, 0.5) is 4.79 Å². The van der Waals surface area contributed by atoms with Crippen molar-refractivity contribution in [2.75, 3.05) is 13.1 Å². The molecule has 2 N–H and O–H groups in total. The summed E-state index contributed by atoms with van der Waals surface area (Å²) in [4.78, 5) is 24.8. The van der Waals surface area contributed by atoms with Crippen molar-refractivity contribution >= 4 is 12.0 Å². The number of carboxylic acid groups (broad SMARTS) is 1. The minimum absolute atomic E-state index is 0.108. The van der Waals surface area contributed by atoms with Crippen LogP contribution >= 0.6 is 0 Å². The minimum Gasteiger partial charge on any atom is -0.481 e. The summed E-state index contributed by atoms with van der Waals surface area (Å²) in [5.41, 5.74) is 0. The predicted molar refractivity (Wildman–Crippen MR) is 66.8 cm³/mol. The first-order valence-corrected chi connectivity index (χ1v) is 7.07. The normalized spacial score (nSPS) is 37.4. The van der Waals surface area contributed by atoms with E-state index in [1.807, 2.05) is 0 Å². The zero-order valence-corrected chi connectivity index (χ0v) is 10.9. The molecule has 3 aliphatic heterocycles. The van der Waals surface area contributed by atoms with Gasteiger partial charge >= 0.3 is 12.0 Å². The lowest BCUT2D eigenvalue weighted by Crippen LogP contribution is -2.51. The number of fused-ring (bicyclic) bond motifs is 2. The van der Waals surface area contributed by atoms with E-state index in [9.17, 15) is 9.59 Å². The quantitative estimate of drug-likeness (QED) is 0.777. The summed E-state index contributed by atoms with van der Waals surface area (Å²) in [6.45, 7) is 0.972. The van der Waals surface area contributed by atoms with Gasteiger partial charge in [-0.05, 0) is 32.1 Å². The van der Waals surface area contributed by atoms with Gasteiger partial charge in [0.25, 0.3) is 0 Å². The van der Waals surface area contributed by atoms with Crippen molar-refractivity contribution < 1.29 is 19.4 Å². The van der Waals surface area contributed by atoms with Crippen LogP contribution in [0, 0.1) is 5.92 Å². The number of piperidine rings is 1. The van der Waals surface area contributed by atoms with Gasteiger partial charge in [-0.2, -0.15) is 0 Å². The van der Waals surface area contributed by atoms with E-state index in [1.54, 1.807) is 4.90 Å². The molecule has 1 unspecified atom stereocenters. The Balaban J connectivity index is 1.54. The second kappa shape index (κ2) is 5.00. The number of nitrogens with one attached hydrogen (secondary N) is 1. The van der Waals surface area contributed by atoms with Crippen molar-refractivity contribution in [1.82, 2.24) is 10.2 Å². The van der Waals surface area contributed by atoms with Gasteiger partial charge in [0.1, 0.15) is 0 Å². The molecule has 106 valence electrons. The third kappa shape index (κ3) is 2.54. The fourth-order valence-corrected chi connectivity index (χ4v) is 3.40. The summed E-state index contributed by atoms with van der Waals surface area (Å²) in [6, 6.07) is -0.0245. The average molecular weight is 268 g/mol. The molecule has 3 aliphatic rings. The molecule has 3 fully saturated rings. The largest absolute Gasteiger partial charge is 0.481 e. The Bertz CT molecular complexity index is 387. The number of hydrogen-bond donors (Lipinski definition) is 2. The number of urea groups is 1. The first kappa shape index (κ1) is 12.7. The van der Waals surface area contributed by atoms with E-state index in [2.05, 4.69) is 5.32 Å². The number of amides is 2. The van der Waals surface area contributed by atoms with E-state index in [4.69, 9.17) is 9.84 Å². The molecule has 6 nitrogen and oxygen atoms in total. The van der Waals surface area contributed by atoms with Crippen LogP contribution in [-0.2, 0) is 9.53 Å². The van der Waals surface area contributed by atoms with Crippen molar-refractivity contribution in [3.05, 3.63) is 0 Å². The molecular weight excluding hydrogens is 248 g/mol. The minimum atomic E-state index is -0.805. The molecule has 0 saturated carbocycles. The Labute approximate surface area is 112 Å². The fraction of sp³-hybridized carbons (Fsp3) is 0.846. The van der Waals surface area contributed by atoms with Crippen LogP contribution in [0.15, 0.2) is 0 Å². The van der Waals surface area contributed by atoms with E-state index < -0.39 is 11.9 Å². The summed E-state index contributed by atoms with van der Waals surface area (Å²) < 4.78 is 5.71. The Morgan fingerprint density at radius 3 is 2.74 bits per heavy atom. The highest BCUT2D eigenvalue weighted by Gasteiger charge is 2.42. The van der Waals surface area contributed by atoms with Crippen molar-refractivity contribution in [2.24, 2.45) is 5.92 Å². The number of carboxylic acids is 1. The molecule has 0 aromatic heterocycles. The molecule has 2 amide bonds. The third-order valence-corrected chi connectivity index (χ3v) is 4.47. The lowest BCUT2D eigenvalue weighted by Gasteiger charge is -2.32. The third-order valence-electron chi connectivity index (χ3n) is 4.47. The Morgan fingerprint density at radius 1 is 1.26 bits per heavy atom. The van der Waals surface area contributed by atoms with Crippen LogP contribution < -0.4 is 5.32 Å². The highest BCUT2D eigenvalue weighted by molar-refractivity contribution is 5.76. The van der Waals surface area contributed by atoms with Crippen molar-refractivity contribution in [3.8, 4) is 0 Å². The first-order chi connectivity index (χ1) is 9.13. The van der Waals surface area contributed by atoms with Gasteiger partial charge in [0, 0.05) is 13.1 Å². The summed E-state index contributed by atoms with van der Waals surface area (Å²) in [5.74, 6) is -1.23. The molecule has 3 saturated heterocycles. The Morgan fingerprint density at radius 2 is 2.11 bits per heavy atom. The number of ether oxygens (including phenoxy) is 1. The lowest BCUT2D eigenvalue weighted by molar-refractivity contribution is -0.143. The molecule has 0 radical (unpaired) electrons. The highest BCUT2D eigenvalue weighted by Crippen LogP contribution is 2.34. The van der Waals surface area contributed by atoms with Crippen LogP contribution in [0.5, 0.6) is 0 Å². The van der Waals surface area contributed by atoms with Crippen LogP contribution in [0.1, 0.15) is 32.1 Å². The summed E-state index contributed by atoms with van der Waals surface area (Å²) >= 11 is 0. The van der Waals surface area contributed by atoms with Crippen LogP contribution in [0.2, 0.25) is 0 Å². The van der Waals surface area contributed by atoms with Gasteiger partial charge in [-0.3, -0.25) is 4.79 Å². The van der Waals surface area contributed by atoms with E-state index in [0.717, 1.165) is 25.7 Å². The van der Waals surface area contributed by atoms with Crippen LogP contribution in [0.25, 0.3) is 0 Å². The summed E-state index contributed by atoms with van der Waals surface area (Å²) in [6.07, 6.45) is 4.91. The molecule has 3 rings (SSSR count). The zero-order chi connectivity index (χ0) is 13.4. The van der Waals surface area contributed by atoms with Gasteiger partial charge in [-0.15, -0.1) is 0 Å². The fourth-order valence-electron chi connectivity index (χ4n) is 3.40. The predicted octanol–water partition coefficient (Wildman–Crippen LogP) is 0.812. The zero-order valence-electron chi connectivity index (χ0n) is 10.9. The van der Waals surface area contributed by atoms with E-state index in [0.29, 0.717) is 25.6 Å². The standard InChI is InChI=1S/C13H20N2O4/c16-12(17)8-2-1-5-15(7-8)13(18)14-10-6-9-3-4-11(10)19-9/h8-11H,1-7H2,(H,14,18)(H,16,17)/t8?,9-,10-,11+/m1/s1. The highest BCUT2D eigenvalue weighted by atomic mass is 16.5. The number of nitrogens with zero attached hydrogens (tertiary/aromatic N) is 1. The molecule has 0 spiro atoms. The van der Waals surface area contributed by atoms with Crippen LogP contribution in [-0.4, -0.2) is 53.3 Å². The molecule has 4 atom stereocenters. The second-order valence-corrected chi connectivity index (χ2v) is 5.79. The second-order valence-electron chi connectivity index (χ2n) is 5.79. The molecule has 3 heterocycles. The van der Waals surface area contributed by atoms with Crippen molar-refractivity contribution in [2.45, 2.75) is 50.4 Å². The van der Waals surface area contributed by atoms with Gasteiger partial charge in [0.15, 0.2) is 0 Å². The smallest absolute Gasteiger partial charge is 0.317 e. The maximum Gasteiger partial charge on any atom is 0.317 e. The van der Waals surface area contributed by atoms with E-state index in [-0.39, 0.29) is 18.2 Å². The molecule has 0 aliphatic carbocycles. The molecule has 6 heteroatoms. The number of carbonyl (C=O) groups is 2. The molecule has 2 bridgehead atoms. The van der Waals surface area contributed by atoms with Gasteiger partial charge in [-0.25, -0.2) is 4.79 Å². The monoisotopic (exact) mass is 268 g/mol. The van der Waals surface area contributed by atoms with Crippen molar-refractivity contribution in [3.63, 3.8) is 0 Å². The summed E-state index contributed by atoms with van der Waals surface area (Å²) in [5, 5.41) is 12.0. The Kier molecular flexibility index (Phi) is 3.35. The van der Waals surface area contributed by atoms with E-state index in [1.165, 1.54) is 0 Å². The topological polar surface area (TPSA) is 78.9 Å². The van der Waals surface area contributed by atoms with E-state index >= 15 is 0 Å². The van der Waals surface area contributed by atoms with Gasteiger partial charge in [0.05, 0.1) is 24.2 Å². The Hall–Kier alpha value is -1.30. The average Bonchev–Trinajstić information content (AvgIpc) is 3.01. The molecule has 0 aromatic rings. The number of likely N-dealkylation sites (tertiary alicyclic amines) is 1. The summed E-state index contributed by atoms with van der Waals surface area (Å²) in [7, 11) is 0. The number of hydrogen-bond acceptors (Lipinski definition) is 3. The van der Waals surface area contributed by atoms with Gasteiger partial charge in [0.2, 0.25) is 0 Å². The number of rotatable bonds is 2. The molecular formula is C13H20N2O4. The SMILES string of the molecule is O=C(O)C1CCCN(C(=O)N[C@@H]2C[C@H]3CC[C@@H]2O3)C1. The van der Waals surface area contributed by atoms with Crippen molar-refractivity contribution in [1.29, 1.82) is 0 Å². The number of aliphatic carboxylic acids is 1. The molecule has 0 aromatic carbocycles. The number of carbonyl (C=O) groups excluding carboxylic acids is 1. The first-order valence-electron chi connectivity index (χ1n) is 7.07.